The Bertz CT molecular complexity index is 474. The summed E-state index contributed by atoms with van der Waals surface area (Å²) in [7, 11) is 0. The molecule has 2 atom stereocenters. The van der Waals surface area contributed by atoms with Gasteiger partial charge in [0.05, 0.1) is 24.8 Å². The maximum atomic E-state index is 8.72. The largest absolute Gasteiger partial charge is 0.491 e. The van der Waals surface area contributed by atoms with Crippen molar-refractivity contribution in [2.45, 2.75) is 26.1 Å². The Kier molecular flexibility index (Phi) is 6.66. The highest BCUT2D eigenvalue weighted by atomic mass is 16.5. The van der Waals surface area contributed by atoms with E-state index in [9.17, 15) is 0 Å². The van der Waals surface area contributed by atoms with Crippen molar-refractivity contribution in [3.63, 3.8) is 0 Å². The third-order valence-electron chi connectivity index (χ3n) is 3.70. The van der Waals surface area contributed by atoms with Crippen molar-refractivity contribution < 1.29 is 19.1 Å². The first-order valence-corrected chi connectivity index (χ1v) is 7.87. The predicted octanol–water partition coefficient (Wildman–Crippen LogP) is 0.646. The molecule has 5 heteroatoms. The van der Waals surface area contributed by atoms with Crippen molar-refractivity contribution in [1.29, 1.82) is 5.26 Å². The molecule has 0 radical (unpaired) electrons. The van der Waals surface area contributed by atoms with Crippen LogP contribution in [0.2, 0.25) is 0 Å². The van der Waals surface area contributed by atoms with Crippen molar-refractivity contribution >= 4 is 0 Å². The molecule has 1 aliphatic heterocycles. The molecule has 1 N–H and O–H groups in total. The molecule has 0 aromatic heterocycles. The summed E-state index contributed by atoms with van der Waals surface area (Å²) in [6.07, 6.45) is 0.664. The average Bonchev–Trinajstić information content (AvgIpc) is 2.50. The van der Waals surface area contributed by atoms with Gasteiger partial charge in [-0.15, -0.1) is 0 Å². The van der Waals surface area contributed by atoms with Crippen LogP contribution in [0.1, 0.15) is 19.4 Å². The van der Waals surface area contributed by atoms with Crippen molar-refractivity contribution in [3.8, 4) is 11.8 Å². The number of ether oxygens (including phenoxy) is 3. The molecule has 1 aromatic carbocycles. The summed E-state index contributed by atoms with van der Waals surface area (Å²) >= 11 is 0. The second-order valence-corrected chi connectivity index (χ2v) is 5.76. The first kappa shape index (κ1) is 16.8. The van der Waals surface area contributed by atoms with E-state index >= 15 is 0 Å². The van der Waals surface area contributed by atoms with Crippen LogP contribution in [0, 0.1) is 11.3 Å². The van der Waals surface area contributed by atoms with E-state index < -0.39 is 0 Å². The fourth-order valence-electron chi connectivity index (χ4n) is 2.76. The normalized spacial score (nSPS) is 24.7. The fourth-order valence-corrected chi connectivity index (χ4v) is 2.76. The minimum absolute atomic E-state index is 0.332. The Hall–Kier alpha value is -1.61. The van der Waals surface area contributed by atoms with E-state index in [0.29, 0.717) is 31.0 Å². The van der Waals surface area contributed by atoms with Gasteiger partial charge in [0.25, 0.3) is 0 Å². The van der Waals surface area contributed by atoms with E-state index in [4.69, 9.17) is 19.5 Å². The summed E-state index contributed by atoms with van der Waals surface area (Å²) in [6, 6.07) is 9.19. The first-order chi connectivity index (χ1) is 10.7. The van der Waals surface area contributed by atoms with Gasteiger partial charge in [-0.25, -0.2) is 0 Å². The highest BCUT2D eigenvalue weighted by Gasteiger charge is 2.24. The topological polar surface area (TPSA) is 55.9 Å². The van der Waals surface area contributed by atoms with Gasteiger partial charge in [-0.05, 0) is 38.1 Å². The van der Waals surface area contributed by atoms with E-state index in [1.165, 1.54) is 0 Å². The molecule has 0 aliphatic carbocycles. The standard InChI is InChI=1S/C17H24N2O3/c1-14-12-19(13-15(2)22-14)7-8-20-9-10-21-17-5-3-16(11-18)4-6-17/h3-6,14-15H,7-10,12-13H2,1-2H3/p+1/t14-,15-/m0/s1. The van der Waals surface area contributed by atoms with Crippen LogP contribution in [-0.4, -0.2) is 51.7 Å². The monoisotopic (exact) mass is 305 g/mol. The highest BCUT2D eigenvalue weighted by Crippen LogP contribution is 2.11. The molecule has 5 nitrogen and oxygen atoms in total. The van der Waals surface area contributed by atoms with Crippen LogP contribution in [0.25, 0.3) is 0 Å². The number of benzene rings is 1. The van der Waals surface area contributed by atoms with E-state index in [2.05, 4.69) is 19.9 Å². The number of hydrogen-bond acceptors (Lipinski definition) is 4. The molecule has 1 heterocycles. The molecule has 120 valence electrons. The third kappa shape index (κ3) is 5.64. The van der Waals surface area contributed by atoms with Crippen molar-refractivity contribution in [1.82, 2.24) is 0 Å². The zero-order valence-electron chi connectivity index (χ0n) is 13.4. The van der Waals surface area contributed by atoms with Crippen LogP contribution in [0.3, 0.4) is 0 Å². The van der Waals surface area contributed by atoms with Crippen molar-refractivity contribution in [2.75, 3.05) is 39.5 Å². The van der Waals surface area contributed by atoms with Gasteiger partial charge in [-0.3, -0.25) is 0 Å². The van der Waals surface area contributed by atoms with Gasteiger partial charge in [-0.2, -0.15) is 5.26 Å². The molecule has 22 heavy (non-hydrogen) atoms. The van der Waals surface area contributed by atoms with Gasteiger partial charge < -0.3 is 19.1 Å². The quantitative estimate of drug-likeness (QED) is 0.752. The summed E-state index contributed by atoms with van der Waals surface area (Å²) in [5.74, 6) is 0.768. The molecular weight excluding hydrogens is 280 g/mol. The number of rotatable bonds is 7. The van der Waals surface area contributed by atoms with Crippen LogP contribution in [0.15, 0.2) is 24.3 Å². The molecular formula is C17H25N2O3+. The molecule has 1 aliphatic rings. The number of nitriles is 1. The number of morpholine rings is 1. The lowest BCUT2D eigenvalue weighted by molar-refractivity contribution is -0.915. The smallest absolute Gasteiger partial charge is 0.119 e. The van der Waals surface area contributed by atoms with Crippen LogP contribution < -0.4 is 9.64 Å². The highest BCUT2D eigenvalue weighted by molar-refractivity contribution is 5.34. The van der Waals surface area contributed by atoms with E-state index in [1.54, 1.807) is 29.2 Å². The Morgan fingerprint density at radius 2 is 1.82 bits per heavy atom. The number of nitrogens with one attached hydrogen (secondary N) is 1. The summed E-state index contributed by atoms with van der Waals surface area (Å²) in [4.78, 5) is 1.54. The van der Waals surface area contributed by atoms with Crippen LogP contribution in [0.4, 0.5) is 0 Å². The molecule has 0 spiro atoms. The molecule has 0 saturated carbocycles. The molecule has 0 unspecified atom stereocenters. The zero-order chi connectivity index (χ0) is 15.8. The lowest BCUT2D eigenvalue weighted by Gasteiger charge is -2.32. The van der Waals surface area contributed by atoms with Gasteiger partial charge in [0, 0.05) is 0 Å². The summed E-state index contributed by atoms with van der Waals surface area (Å²) in [6.45, 7) is 9.21. The molecule has 1 fully saturated rings. The molecule has 0 bridgehead atoms. The third-order valence-corrected chi connectivity index (χ3v) is 3.70. The van der Waals surface area contributed by atoms with E-state index in [0.717, 1.165) is 32.0 Å². The fraction of sp³-hybridized carbons (Fsp3) is 0.588. The Morgan fingerprint density at radius 3 is 2.45 bits per heavy atom. The number of nitrogens with zero attached hydrogens (tertiary/aromatic N) is 1. The van der Waals surface area contributed by atoms with E-state index in [1.807, 2.05) is 0 Å². The van der Waals surface area contributed by atoms with Crippen molar-refractivity contribution in [3.05, 3.63) is 29.8 Å². The molecule has 1 saturated heterocycles. The minimum atomic E-state index is 0.332. The molecule has 0 amide bonds. The maximum absolute atomic E-state index is 8.72. The average molecular weight is 305 g/mol. The van der Waals surface area contributed by atoms with Crippen LogP contribution in [-0.2, 0) is 9.47 Å². The summed E-state index contributed by atoms with van der Waals surface area (Å²) in [5, 5.41) is 8.72. The van der Waals surface area contributed by atoms with Crippen LogP contribution >= 0.6 is 0 Å². The lowest BCUT2D eigenvalue weighted by Crippen LogP contribution is -3.15. The first-order valence-electron chi connectivity index (χ1n) is 7.87. The van der Waals surface area contributed by atoms with Gasteiger partial charge >= 0.3 is 0 Å². The van der Waals surface area contributed by atoms with E-state index in [-0.39, 0.29) is 0 Å². The Balaban J connectivity index is 1.54. The van der Waals surface area contributed by atoms with Gasteiger partial charge in [0.15, 0.2) is 0 Å². The van der Waals surface area contributed by atoms with Gasteiger partial charge in [0.2, 0.25) is 0 Å². The zero-order valence-corrected chi connectivity index (χ0v) is 13.4. The number of quaternary nitrogens is 1. The predicted molar refractivity (Wildman–Crippen MR) is 83.0 cm³/mol. The van der Waals surface area contributed by atoms with Gasteiger partial charge in [-0.1, -0.05) is 0 Å². The lowest BCUT2D eigenvalue weighted by atomic mass is 10.2. The number of hydrogen-bond donors (Lipinski definition) is 1. The Labute approximate surface area is 132 Å². The molecule has 1 aromatic rings. The second kappa shape index (κ2) is 8.74. The molecule has 2 rings (SSSR count). The Morgan fingerprint density at radius 1 is 1.14 bits per heavy atom. The summed E-state index contributed by atoms with van der Waals surface area (Å²) in [5.41, 5.74) is 0.639. The SMILES string of the molecule is C[C@H]1C[NH+](CCOCCOc2ccc(C#N)cc2)C[C@H](C)O1. The summed E-state index contributed by atoms with van der Waals surface area (Å²) < 4.78 is 16.9. The second-order valence-electron chi connectivity index (χ2n) is 5.76. The maximum Gasteiger partial charge on any atom is 0.119 e. The van der Waals surface area contributed by atoms with Gasteiger partial charge in [0.1, 0.15) is 44.2 Å². The van der Waals surface area contributed by atoms with Crippen molar-refractivity contribution in [2.24, 2.45) is 0 Å². The minimum Gasteiger partial charge on any atom is -0.491 e. The van der Waals surface area contributed by atoms with Crippen LogP contribution in [0.5, 0.6) is 5.75 Å².